The molecule has 21 heavy (non-hydrogen) atoms. The minimum Gasteiger partial charge on any atom is -0.366 e. The zero-order valence-electron chi connectivity index (χ0n) is 12.0. The molecule has 0 N–H and O–H groups in total. The van der Waals surface area contributed by atoms with Crippen molar-refractivity contribution in [3.8, 4) is 0 Å². The molecule has 2 heterocycles. The maximum Gasteiger partial charge on any atom is 0.163 e. The van der Waals surface area contributed by atoms with E-state index in [-0.39, 0.29) is 24.4 Å². The summed E-state index contributed by atoms with van der Waals surface area (Å²) >= 11 is 3.45. The molecule has 0 spiro atoms. The molecular weight excluding hydrogens is 332 g/mol. The standard InChI is InChI=1S/C17H21BrO3/c18-9-5-4-8-15-14(17-19-10-11-20-17)12-16(21-15)13-6-2-1-3-7-13/h1-4,6-8,14-17H,5,9-12H2/b8-4+/t14-,15+,16-/m0/s1. The second-order valence-electron chi connectivity index (χ2n) is 5.42. The van der Waals surface area contributed by atoms with Gasteiger partial charge in [0.05, 0.1) is 25.4 Å². The van der Waals surface area contributed by atoms with Crippen LogP contribution in [0.15, 0.2) is 42.5 Å². The van der Waals surface area contributed by atoms with E-state index in [4.69, 9.17) is 14.2 Å². The molecular formula is C17H21BrO3. The number of ether oxygens (including phenoxy) is 3. The van der Waals surface area contributed by atoms with Crippen molar-refractivity contribution in [2.24, 2.45) is 5.92 Å². The lowest BCUT2D eigenvalue weighted by Gasteiger charge is -2.20. The average molecular weight is 353 g/mol. The molecule has 2 aliphatic rings. The second kappa shape index (κ2) is 7.54. The molecule has 3 atom stereocenters. The molecule has 0 unspecified atom stereocenters. The Labute approximate surface area is 134 Å². The number of hydrogen-bond acceptors (Lipinski definition) is 3. The average Bonchev–Trinajstić information content (AvgIpc) is 3.17. The lowest BCUT2D eigenvalue weighted by Crippen LogP contribution is -2.27. The van der Waals surface area contributed by atoms with Crippen LogP contribution in [0.2, 0.25) is 0 Å². The van der Waals surface area contributed by atoms with Crippen LogP contribution in [0, 0.1) is 5.92 Å². The Balaban J connectivity index is 1.72. The molecule has 1 aromatic carbocycles. The first-order chi connectivity index (χ1) is 10.4. The summed E-state index contributed by atoms with van der Waals surface area (Å²) < 4.78 is 17.7. The number of alkyl halides is 1. The third-order valence-electron chi connectivity index (χ3n) is 4.00. The molecule has 2 aliphatic heterocycles. The fourth-order valence-electron chi connectivity index (χ4n) is 2.98. The third kappa shape index (κ3) is 3.75. The molecule has 1 aromatic rings. The van der Waals surface area contributed by atoms with Crippen molar-refractivity contribution in [2.75, 3.05) is 18.5 Å². The molecule has 2 saturated heterocycles. The lowest BCUT2D eigenvalue weighted by atomic mass is 9.95. The molecule has 114 valence electrons. The van der Waals surface area contributed by atoms with Crippen molar-refractivity contribution in [3.05, 3.63) is 48.0 Å². The van der Waals surface area contributed by atoms with Crippen LogP contribution in [0.1, 0.15) is 24.5 Å². The predicted octanol–water partition coefficient (Wildman–Crippen LogP) is 3.85. The topological polar surface area (TPSA) is 27.7 Å². The van der Waals surface area contributed by atoms with Gasteiger partial charge in [0.1, 0.15) is 0 Å². The quantitative estimate of drug-likeness (QED) is 0.595. The Morgan fingerprint density at radius 1 is 1.14 bits per heavy atom. The summed E-state index contributed by atoms with van der Waals surface area (Å²) in [5.74, 6) is 0.268. The van der Waals surface area contributed by atoms with Crippen LogP contribution >= 0.6 is 15.9 Å². The van der Waals surface area contributed by atoms with Crippen molar-refractivity contribution in [1.82, 2.24) is 0 Å². The molecule has 3 nitrogen and oxygen atoms in total. The predicted molar refractivity (Wildman–Crippen MR) is 85.4 cm³/mol. The van der Waals surface area contributed by atoms with Crippen LogP contribution in [0.25, 0.3) is 0 Å². The minimum atomic E-state index is -0.127. The van der Waals surface area contributed by atoms with E-state index in [1.807, 2.05) is 6.07 Å². The Kier molecular flexibility index (Phi) is 5.47. The van der Waals surface area contributed by atoms with Gasteiger partial charge in [-0.25, -0.2) is 0 Å². The minimum absolute atomic E-state index is 0.0670. The molecule has 0 bridgehead atoms. The molecule has 0 amide bonds. The summed E-state index contributed by atoms with van der Waals surface area (Å²) in [4.78, 5) is 0. The first kappa shape index (κ1) is 15.2. The Hall–Kier alpha value is -0.680. The summed E-state index contributed by atoms with van der Waals surface area (Å²) in [6.45, 7) is 1.38. The van der Waals surface area contributed by atoms with Crippen LogP contribution in [-0.4, -0.2) is 30.9 Å². The third-order valence-corrected chi connectivity index (χ3v) is 4.46. The molecule has 2 fully saturated rings. The largest absolute Gasteiger partial charge is 0.366 e. The van der Waals surface area contributed by atoms with Gasteiger partial charge in [-0.3, -0.25) is 0 Å². The van der Waals surface area contributed by atoms with Gasteiger partial charge >= 0.3 is 0 Å². The van der Waals surface area contributed by atoms with E-state index >= 15 is 0 Å². The zero-order chi connectivity index (χ0) is 14.5. The van der Waals surface area contributed by atoms with Gasteiger partial charge in [-0.1, -0.05) is 58.4 Å². The zero-order valence-corrected chi connectivity index (χ0v) is 13.6. The highest BCUT2D eigenvalue weighted by molar-refractivity contribution is 9.09. The highest BCUT2D eigenvalue weighted by Crippen LogP contribution is 2.41. The van der Waals surface area contributed by atoms with E-state index in [0.29, 0.717) is 13.2 Å². The lowest BCUT2D eigenvalue weighted by molar-refractivity contribution is -0.0940. The van der Waals surface area contributed by atoms with E-state index in [1.54, 1.807) is 0 Å². The molecule has 3 rings (SSSR count). The molecule has 0 aliphatic carbocycles. The summed E-state index contributed by atoms with van der Waals surface area (Å²) in [6, 6.07) is 10.4. The Bertz CT molecular complexity index is 456. The van der Waals surface area contributed by atoms with Crippen LogP contribution in [0.4, 0.5) is 0 Å². The first-order valence-corrected chi connectivity index (χ1v) is 8.67. The van der Waals surface area contributed by atoms with E-state index in [2.05, 4.69) is 52.3 Å². The smallest absolute Gasteiger partial charge is 0.163 e. The number of rotatable bonds is 5. The Morgan fingerprint density at radius 2 is 1.90 bits per heavy atom. The molecule has 0 radical (unpaired) electrons. The van der Waals surface area contributed by atoms with Gasteiger partial charge in [0.2, 0.25) is 0 Å². The molecule has 0 aromatic heterocycles. The van der Waals surface area contributed by atoms with Crippen LogP contribution in [0.5, 0.6) is 0 Å². The summed E-state index contributed by atoms with van der Waals surface area (Å²) in [6.07, 6.45) is 6.36. The maximum absolute atomic E-state index is 6.26. The summed E-state index contributed by atoms with van der Waals surface area (Å²) in [5.41, 5.74) is 1.23. The maximum atomic E-state index is 6.26. The van der Waals surface area contributed by atoms with Crippen molar-refractivity contribution in [3.63, 3.8) is 0 Å². The van der Waals surface area contributed by atoms with Crippen LogP contribution < -0.4 is 0 Å². The van der Waals surface area contributed by atoms with E-state index in [1.165, 1.54) is 5.56 Å². The van der Waals surface area contributed by atoms with Crippen LogP contribution in [-0.2, 0) is 14.2 Å². The number of benzene rings is 1. The highest BCUT2D eigenvalue weighted by atomic mass is 79.9. The monoisotopic (exact) mass is 352 g/mol. The highest BCUT2D eigenvalue weighted by Gasteiger charge is 2.41. The second-order valence-corrected chi connectivity index (χ2v) is 6.21. The number of hydrogen-bond donors (Lipinski definition) is 0. The summed E-state index contributed by atoms with van der Waals surface area (Å²) in [7, 11) is 0. The first-order valence-electron chi connectivity index (χ1n) is 7.54. The van der Waals surface area contributed by atoms with Crippen molar-refractivity contribution < 1.29 is 14.2 Å². The fourth-order valence-corrected chi connectivity index (χ4v) is 3.25. The SMILES string of the molecule is BrCC/C=C/[C@H]1O[C@H](c2ccccc2)C[C@@H]1C1OCCO1. The van der Waals surface area contributed by atoms with E-state index in [0.717, 1.165) is 18.2 Å². The molecule has 0 saturated carbocycles. The van der Waals surface area contributed by atoms with Crippen LogP contribution in [0.3, 0.4) is 0 Å². The summed E-state index contributed by atoms with van der Waals surface area (Å²) in [5, 5.41) is 0.972. The number of halogens is 1. The van der Waals surface area contributed by atoms with Gasteiger partial charge in [0.15, 0.2) is 6.29 Å². The fraction of sp³-hybridized carbons (Fsp3) is 0.529. The van der Waals surface area contributed by atoms with Gasteiger partial charge < -0.3 is 14.2 Å². The van der Waals surface area contributed by atoms with Gasteiger partial charge in [0, 0.05) is 11.2 Å². The van der Waals surface area contributed by atoms with E-state index < -0.39 is 0 Å². The number of allylic oxidation sites excluding steroid dienone is 1. The Morgan fingerprint density at radius 3 is 2.62 bits per heavy atom. The normalized spacial score (nSPS) is 30.4. The van der Waals surface area contributed by atoms with Crippen molar-refractivity contribution in [1.29, 1.82) is 0 Å². The van der Waals surface area contributed by atoms with Gasteiger partial charge in [-0.15, -0.1) is 0 Å². The van der Waals surface area contributed by atoms with Gasteiger partial charge in [-0.2, -0.15) is 0 Å². The van der Waals surface area contributed by atoms with Crippen molar-refractivity contribution >= 4 is 15.9 Å². The molecule has 4 heteroatoms. The van der Waals surface area contributed by atoms with Crippen molar-refractivity contribution in [2.45, 2.75) is 31.3 Å². The van der Waals surface area contributed by atoms with Gasteiger partial charge in [-0.05, 0) is 18.4 Å². The van der Waals surface area contributed by atoms with Gasteiger partial charge in [0.25, 0.3) is 0 Å². The van der Waals surface area contributed by atoms with E-state index in [9.17, 15) is 0 Å².